The van der Waals surface area contributed by atoms with Gasteiger partial charge in [0.2, 0.25) is 5.91 Å². The molecule has 2 rings (SSSR count). The summed E-state index contributed by atoms with van der Waals surface area (Å²) in [6.07, 6.45) is 3.96. The van der Waals surface area contributed by atoms with Gasteiger partial charge in [-0.05, 0) is 18.6 Å². The van der Waals surface area contributed by atoms with Crippen LogP contribution in [0.15, 0.2) is 24.4 Å². The summed E-state index contributed by atoms with van der Waals surface area (Å²) in [6, 6.07) is 5.83. The molecule has 0 spiro atoms. The molecule has 2 heterocycles. The fraction of sp³-hybridized carbons (Fsp3) is 0.500. The average Bonchev–Trinajstić information content (AvgIpc) is 2.64. The van der Waals surface area contributed by atoms with Crippen molar-refractivity contribution in [3.05, 3.63) is 30.1 Å². The fourth-order valence-corrected chi connectivity index (χ4v) is 3.12. The van der Waals surface area contributed by atoms with E-state index >= 15 is 0 Å². The lowest BCUT2D eigenvalue weighted by Crippen LogP contribution is -2.32. The van der Waals surface area contributed by atoms with Gasteiger partial charge < -0.3 is 4.90 Å². The molecule has 0 aromatic carbocycles. The third kappa shape index (κ3) is 2.55. The van der Waals surface area contributed by atoms with Crippen molar-refractivity contribution >= 4 is 17.7 Å². The Morgan fingerprint density at radius 2 is 2.44 bits per heavy atom. The second kappa shape index (κ2) is 5.34. The van der Waals surface area contributed by atoms with Crippen LogP contribution in [0.4, 0.5) is 0 Å². The number of amides is 1. The largest absolute Gasteiger partial charge is 0.324 e. The zero-order valence-corrected chi connectivity index (χ0v) is 10.2. The van der Waals surface area contributed by atoms with Crippen LogP contribution < -0.4 is 0 Å². The molecule has 1 aliphatic rings. The van der Waals surface area contributed by atoms with Crippen LogP contribution >= 0.6 is 11.8 Å². The summed E-state index contributed by atoms with van der Waals surface area (Å²) in [4.78, 5) is 18.0. The van der Waals surface area contributed by atoms with Gasteiger partial charge >= 0.3 is 0 Å². The Balaban J connectivity index is 2.04. The first kappa shape index (κ1) is 11.5. The maximum Gasteiger partial charge on any atom is 0.233 e. The number of hydrogen-bond donors (Lipinski definition) is 0. The number of rotatable bonds is 4. The van der Waals surface area contributed by atoms with Gasteiger partial charge in [-0.2, -0.15) is 0 Å². The zero-order valence-electron chi connectivity index (χ0n) is 9.43. The second-order valence-corrected chi connectivity index (χ2v) is 5.06. The summed E-state index contributed by atoms with van der Waals surface area (Å²) < 4.78 is 0. The molecule has 3 nitrogen and oxygen atoms in total. The van der Waals surface area contributed by atoms with E-state index in [0.29, 0.717) is 17.7 Å². The number of hydrogen-bond acceptors (Lipinski definition) is 3. The molecule has 16 heavy (non-hydrogen) atoms. The van der Waals surface area contributed by atoms with Crippen molar-refractivity contribution in [1.82, 2.24) is 9.88 Å². The molecule has 1 fully saturated rings. The number of nitrogens with zero attached hydrogens (tertiary/aromatic N) is 2. The average molecular weight is 236 g/mol. The van der Waals surface area contributed by atoms with E-state index in [0.717, 1.165) is 18.5 Å². The van der Waals surface area contributed by atoms with Crippen molar-refractivity contribution in [1.29, 1.82) is 0 Å². The van der Waals surface area contributed by atoms with Crippen LogP contribution in [0.1, 0.15) is 25.5 Å². The van der Waals surface area contributed by atoms with Crippen LogP contribution in [-0.4, -0.2) is 26.9 Å². The topological polar surface area (TPSA) is 33.2 Å². The molecule has 1 aromatic rings. The molecule has 0 aliphatic carbocycles. The van der Waals surface area contributed by atoms with Gasteiger partial charge in [0.15, 0.2) is 0 Å². The lowest BCUT2D eigenvalue weighted by Gasteiger charge is -2.23. The predicted molar refractivity (Wildman–Crippen MR) is 65.9 cm³/mol. The van der Waals surface area contributed by atoms with E-state index in [1.54, 1.807) is 18.0 Å². The molecule has 86 valence electrons. The van der Waals surface area contributed by atoms with Gasteiger partial charge in [0.25, 0.3) is 0 Å². The lowest BCUT2D eigenvalue weighted by atomic mass is 10.2. The minimum absolute atomic E-state index is 0.245. The van der Waals surface area contributed by atoms with Crippen molar-refractivity contribution in [2.24, 2.45) is 0 Å². The summed E-state index contributed by atoms with van der Waals surface area (Å²) in [5, 5.41) is 0.347. The van der Waals surface area contributed by atoms with Gasteiger partial charge in [-0.15, -0.1) is 11.8 Å². The van der Waals surface area contributed by atoms with Gasteiger partial charge in [0, 0.05) is 6.20 Å². The molecular formula is C12H16N2OS. The SMILES string of the molecule is CCCC1SCC(=O)N1Cc1ccccn1. The smallest absolute Gasteiger partial charge is 0.233 e. The number of carbonyl (C=O) groups is 1. The third-order valence-corrected chi connectivity index (χ3v) is 3.95. The van der Waals surface area contributed by atoms with Crippen molar-refractivity contribution < 1.29 is 4.79 Å². The van der Waals surface area contributed by atoms with Gasteiger partial charge in [-0.3, -0.25) is 9.78 Å². The van der Waals surface area contributed by atoms with Gasteiger partial charge in [0.05, 0.1) is 23.4 Å². The van der Waals surface area contributed by atoms with E-state index in [-0.39, 0.29) is 5.91 Å². The number of carbonyl (C=O) groups excluding carboxylic acids is 1. The van der Waals surface area contributed by atoms with Crippen LogP contribution in [-0.2, 0) is 11.3 Å². The number of aromatic nitrogens is 1. The van der Waals surface area contributed by atoms with E-state index in [1.807, 2.05) is 23.1 Å². The molecule has 4 heteroatoms. The molecule has 0 bridgehead atoms. The van der Waals surface area contributed by atoms with E-state index in [9.17, 15) is 4.79 Å². The third-order valence-electron chi connectivity index (χ3n) is 2.66. The minimum atomic E-state index is 0.245. The Morgan fingerprint density at radius 3 is 3.12 bits per heavy atom. The highest BCUT2D eigenvalue weighted by Gasteiger charge is 2.30. The van der Waals surface area contributed by atoms with Gasteiger partial charge in [0.1, 0.15) is 0 Å². The maximum atomic E-state index is 11.7. The first-order valence-corrected chi connectivity index (χ1v) is 6.67. The van der Waals surface area contributed by atoms with Crippen LogP contribution in [0.3, 0.4) is 0 Å². The van der Waals surface area contributed by atoms with E-state index < -0.39 is 0 Å². The summed E-state index contributed by atoms with van der Waals surface area (Å²) >= 11 is 1.75. The van der Waals surface area contributed by atoms with Crippen LogP contribution in [0, 0.1) is 0 Å². The maximum absolute atomic E-state index is 11.7. The van der Waals surface area contributed by atoms with E-state index in [2.05, 4.69) is 11.9 Å². The normalized spacial score (nSPS) is 20.4. The molecule has 1 aromatic heterocycles. The summed E-state index contributed by atoms with van der Waals surface area (Å²) in [5.41, 5.74) is 0.972. The van der Waals surface area contributed by atoms with Gasteiger partial charge in [-0.25, -0.2) is 0 Å². The Morgan fingerprint density at radius 1 is 1.56 bits per heavy atom. The first-order valence-electron chi connectivity index (χ1n) is 5.62. The molecule has 1 amide bonds. The standard InChI is InChI=1S/C12H16N2OS/c1-2-5-12-14(11(15)9-16-12)8-10-6-3-4-7-13-10/h3-4,6-7,12H,2,5,8-9H2,1H3. The number of pyridine rings is 1. The van der Waals surface area contributed by atoms with Crippen molar-refractivity contribution in [3.8, 4) is 0 Å². The van der Waals surface area contributed by atoms with Crippen LogP contribution in [0.2, 0.25) is 0 Å². The molecule has 1 aliphatic heterocycles. The van der Waals surface area contributed by atoms with Crippen molar-refractivity contribution in [2.75, 3.05) is 5.75 Å². The molecule has 1 atom stereocenters. The fourth-order valence-electron chi connectivity index (χ4n) is 1.84. The molecule has 0 N–H and O–H groups in total. The molecule has 0 radical (unpaired) electrons. The number of thioether (sulfide) groups is 1. The quantitative estimate of drug-likeness (QED) is 0.804. The highest BCUT2D eigenvalue weighted by molar-refractivity contribution is 8.00. The van der Waals surface area contributed by atoms with E-state index in [4.69, 9.17) is 0 Å². The zero-order chi connectivity index (χ0) is 11.4. The summed E-state index contributed by atoms with van der Waals surface area (Å²) in [6.45, 7) is 2.81. The van der Waals surface area contributed by atoms with Crippen molar-refractivity contribution in [2.45, 2.75) is 31.7 Å². The predicted octanol–water partition coefficient (Wildman–Crippen LogP) is 2.28. The molecule has 1 saturated heterocycles. The monoisotopic (exact) mass is 236 g/mol. The highest BCUT2D eigenvalue weighted by atomic mass is 32.2. The first-order chi connectivity index (χ1) is 7.81. The summed E-state index contributed by atoms with van der Waals surface area (Å²) in [5.74, 6) is 0.867. The Hall–Kier alpha value is -1.03. The second-order valence-electron chi connectivity index (χ2n) is 3.90. The lowest BCUT2D eigenvalue weighted by molar-refractivity contribution is -0.128. The molecular weight excluding hydrogens is 220 g/mol. The Kier molecular flexibility index (Phi) is 3.83. The summed E-state index contributed by atoms with van der Waals surface area (Å²) in [7, 11) is 0. The highest BCUT2D eigenvalue weighted by Crippen LogP contribution is 2.29. The molecule has 1 unspecified atom stereocenters. The van der Waals surface area contributed by atoms with E-state index in [1.165, 1.54) is 0 Å². The van der Waals surface area contributed by atoms with Crippen LogP contribution in [0.5, 0.6) is 0 Å². The minimum Gasteiger partial charge on any atom is -0.324 e. The van der Waals surface area contributed by atoms with Gasteiger partial charge in [-0.1, -0.05) is 19.4 Å². The Labute approximate surface area is 100 Å². The van der Waals surface area contributed by atoms with Crippen molar-refractivity contribution in [3.63, 3.8) is 0 Å². The van der Waals surface area contributed by atoms with Crippen LogP contribution in [0.25, 0.3) is 0 Å². The molecule has 0 saturated carbocycles. The Bertz CT molecular complexity index is 355.